The number of hydrogen-bond acceptors (Lipinski definition) is 3. The molecule has 1 fully saturated rings. The molecule has 0 spiro atoms. The average Bonchev–Trinajstić information content (AvgIpc) is 3.44. The molecular weight excluding hydrogens is 340 g/mol. The Hall–Kier alpha value is -2.82. The SMILES string of the molecule is CCC1(c2ccccc2)COc2c(C(=O)NC)cc(C(=O)NC3CC3)cc21. The van der Waals surface area contributed by atoms with Crippen molar-refractivity contribution in [2.24, 2.45) is 0 Å². The predicted octanol–water partition coefficient (Wildman–Crippen LogP) is 3.03. The van der Waals surface area contributed by atoms with Crippen molar-refractivity contribution >= 4 is 11.8 Å². The number of hydrogen-bond donors (Lipinski definition) is 2. The highest BCUT2D eigenvalue weighted by Crippen LogP contribution is 2.47. The van der Waals surface area contributed by atoms with E-state index in [4.69, 9.17) is 4.74 Å². The summed E-state index contributed by atoms with van der Waals surface area (Å²) in [4.78, 5) is 25.2. The van der Waals surface area contributed by atoms with Gasteiger partial charge >= 0.3 is 0 Å². The highest BCUT2D eigenvalue weighted by Gasteiger charge is 2.43. The number of fused-ring (bicyclic) bond motifs is 1. The first kappa shape index (κ1) is 17.6. The lowest BCUT2D eigenvalue weighted by atomic mass is 9.73. The Morgan fingerprint density at radius 1 is 1.15 bits per heavy atom. The Morgan fingerprint density at radius 2 is 1.89 bits per heavy atom. The third kappa shape index (κ3) is 2.97. The Morgan fingerprint density at radius 3 is 2.52 bits per heavy atom. The molecule has 5 heteroatoms. The molecule has 1 atom stereocenters. The van der Waals surface area contributed by atoms with E-state index in [0.29, 0.717) is 23.5 Å². The van der Waals surface area contributed by atoms with Crippen LogP contribution in [0.3, 0.4) is 0 Å². The van der Waals surface area contributed by atoms with Crippen LogP contribution in [-0.2, 0) is 5.41 Å². The maximum atomic E-state index is 12.7. The van der Waals surface area contributed by atoms with Gasteiger partial charge in [0, 0.05) is 24.2 Å². The van der Waals surface area contributed by atoms with Gasteiger partial charge in [-0.2, -0.15) is 0 Å². The van der Waals surface area contributed by atoms with Crippen molar-refractivity contribution in [1.29, 1.82) is 0 Å². The van der Waals surface area contributed by atoms with Crippen molar-refractivity contribution < 1.29 is 14.3 Å². The van der Waals surface area contributed by atoms with E-state index in [1.165, 1.54) is 0 Å². The molecule has 2 aliphatic rings. The molecule has 0 saturated heterocycles. The molecule has 1 unspecified atom stereocenters. The molecule has 1 aliphatic heterocycles. The summed E-state index contributed by atoms with van der Waals surface area (Å²) in [5.74, 6) is 0.214. The first-order valence-electron chi connectivity index (χ1n) is 9.49. The van der Waals surface area contributed by atoms with Gasteiger partial charge in [0.15, 0.2) is 0 Å². The number of carbonyl (C=O) groups excluding carboxylic acids is 2. The summed E-state index contributed by atoms with van der Waals surface area (Å²) in [5.41, 5.74) is 2.61. The zero-order chi connectivity index (χ0) is 19.0. The Labute approximate surface area is 159 Å². The lowest BCUT2D eigenvalue weighted by molar-refractivity contribution is 0.0951. The molecule has 0 aromatic heterocycles. The van der Waals surface area contributed by atoms with Gasteiger partial charge in [0.1, 0.15) is 12.4 Å². The third-order valence-electron chi connectivity index (χ3n) is 5.64. The van der Waals surface area contributed by atoms with Crippen LogP contribution in [0.1, 0.15) is 58.0 Å². The number of carbonyl (C=O) groups is 2. The number of ether oxygens (including phenoxy) is 1. The standard InChI is InChI=1S/C22H24N2O3/c1-3-22(15-7-5-4-6-8-15)13-27-19-17(21(26)23-2)11-14(12-18(19)22)20(25)24-16-9-10-16/h4-8,11-12,16H,3,9-10,13H2,1-2H3,(H,23,26)(H,24,25). The molecule has 2 N–H and O–H groups in total. The smallest absolute Gasteiger partial charge is 0.254 e. The second-order valence-corrected chi connectivity index (χ2v) is 7.32. The zero-order valence-electron chi connectivity index (χ0n) is 15.7. The van der Waals surface area contributed by atoms with Crippen molar-refractivity contribution in [1.82, 2.24) is 10.6 Å². The number of nitrogens with one attached hydrogen (secondary N) is 2. The van der Waals surface area contributed by atoms with Gasteiger partial charge in [-0.15, -0.1) is 0 Å². The predicted molar refractivity (Wildman–Crippen MR) is 103 cm³/mol. The molecule has 0 bridgehead atoms. The van der Waals surface area contributed by atoms with Gasteiger partial charge in [-0.1, -0.05) is 37.3 Å². The van der Waals surface area contributed by atoms with Crippen molar-refractivity contribution in [3.63, 3.8) is 0 Å². The van der Waals surface area contributed by atoms with E-state index in [0.717, 1.165) is 30.4 Å². The van der Waals surface area contributed by atoms with E-state index in [-0.39, 0.29) is 23.3 Å². The average molecular weight is 364 g/mol. The maximum absolute atomic E-state index is 12.7. The van der Waals surface area contributed by atoms with Crippen LogP contribution in [0.2, 0.25) is 0 Å². The first-order valence-corrected chi connectivity index (χ1v) is 9.49. The van der Waals surface area contributed by atoms with E-state index in [1.807, 2.05) is 24.3 Å². The molecule has 1 saturated carbocycles. The Kier molecular flexibility index (Phi) is 4.38. The largest absolute Gasteiger partial charge is 0.491 e. The number of amides is 2. The summed E-state index contributed by atoms with van der Waals surface area (Å²) >= 11 is 0. The number of rotatable bonds is 5. The molecular formula is C22H24N2O3. The van der Waals surface area contributed by atoms with E-state index in [2.05, 4.69) is 29.7 Å². The summed E-state index contributed by atoms with van der Waals surface area (Å²) in [6, 6.07) is 14.0. The molecule has 1 aliphatic carbocycles. The zero-order valence-corrected chi connectivity index (χ0v) is 15.7. The molecule has 0 radical (unpaired) electrons. The maximum Gasteiger partial charge on any atom is 0.254 e. The summed E-state index contributed by atoms with van der Waals surface area (Å²) in [6.45, 7) is 2.57. The fourth-order valence-electron chi connectivity index (χ4n) is 3.84. The fourth-order valence-corrected chi connectivity index (χ4v) is 3.84. The van der Waals surface area contributed by atoms with Crippen LogP contribution in [0.5, 0.6) is 5.75 Å². The molecule has 1 heterocycles. The van der Waals surface area contributed by atoms with E-state index in [9.17, 15) is 9.59 Å². The van der Waals surface area contributed by atoms with Gasteiger partial charge in [-0.3, -0.25) is 9.59 Å². The second-order valence-electron chi connectivity index (χ2n) is 7.32. The van der Waals surface area contributed by atoms with Gasteiger partial charge in [0.05, 0.1) is 11.0 Å². The normalized spacial score (nSPS) is 20.5. The minimum atomic E-state index is -0.366. The molecule has 140 valence electrons. The monoisotopic (exact) mass is 364 g/mol. The van der Waals surface area contributed by atoms with Crippen LogP contribution in [-0.4, -0.2) is 31.5 Å². The minimum absolute atomic E-state index is 0.129. The van der Waals surface area contributed by atoms with Crippen LogP contribution < -0.4 is 15.4 Å². The summed E-state index contributed by atoms with van der Waals surface area (Å²) < 4.78 is 6.05. The topological polar surface area (TPSA) is 67.4 Å². The second kappa shape index (κ2) is 6.72. The quantitative estimate of drug-likeness (QED) is 0.857. The lowest BCUT2D eigenvalue weighted by Crippen LogP contribution is -2.30. The molecule has 2 amide bonds. The van der Waals surface area contributed by atoms with Gasteiger partial charge in [-0.05, 0) is 37.0 Å². The highest BCUT2D eigenvalue weighted by atomic mass is 16.5. The molecule has 2 aromatic carbocycles. The van der Waals surface area contributed by atoms with Gasteiger partial charge in [0.25, 0.3) is 11.8 Å². The van der Waals surface area contributed by atoms with Gasteiger partial charge in [0.2, 0.25) is 0 Å². The van der Waals surface area contributed by atoms with Gasteiger partial charge in [-0.25, -0.2) is 0 Å². The summed E-state index contributed by atoms with van der Waals surface area (Å²) in [6.07, 6.45) is 2.85. The van der Waals surface area contributed by atoms with E-state index in [1.54, 1.807) is 13.1 Å². The fraction of sp³-hybridized carbons (Fsp3) is 0.364. The van der Waals surface area contributed by atoms with E-state index >= 15 is 0 Å². The summed E-state index contributed by atoms with van der Waals surface area (Å²) in [7, 11) is 1.59. The van der Waals surface area contributed by atoms with Crippen molar-refractivity contribution in [2.75, 3.05) is 13.7 Å². The minimum Gasteiger partial charge on any atom is -0.491 e. The third-order valence-corrected chi connectivity index (χ3v) is 5.64. The highest BCUT2D eigenvalue weighted by molar-refractivity contribution is 6.02. The van der Waals surface area contributed by atoms with Gasteiger partial charge < -0.3 is 15.4 Å². The molecule has 4 rings (SSSR count). The van der Waals surface area contributed by atoms with Crippen molar-refractivity contribution in [3.8, 4) is 5.75 Å². The van der Waals surface area contributed by atoms with Crippen LogP contribution in [0.25, 0.3) is 0 Å². The van der Waals surface area contributed by atoms with E-state index < -0.39 is 0 Å². The van der Waals surface area contributed by atoms with Crippen LogP contribution in [0.15, 0.2) is 42.5 Å². The number of benzene rings is 2. The van der Waals surface area contributed by atoms with Crippen LogP contribution in [0.4, 0.5) is 0 Å². The molecule has 5 nitrogen and oxygen atoms in total. The Balaban J connectivity index is 1.87. The lowest BCUT2D eigenvalue weighted by Gasteiger charge is -2.27. The van der Waals surface area contributed by atoms with Crippen LogP contribution >= 0.6 is 0 Å². The van der Waals surface area contributed by atoms with Crippen molar-refractivity contribution in [3.05, 3.63) is 64.7 Å². The summed E-state index contributed by atoms with van der Waals surface area (Å²) in [5, 5.41) is 5.68. The Bertz CT molecular complexity index is 890. The first-order chi connectivity index (χ1) is 13.1. The van der Waals surface area contributed by atoms with Crippen LogP contribution in [0, 0.1) is 0 Å². The molecule has 2 aromatic rings. The van der Waals surface area contributed by atoms with Crippen molar-refractivity contribution in [2.45, 2.75) is 37.6 Å². The molecule has 27 heavy (non-hydrogen) atoms.